The van der Waals surface area contributed by atoms with Gasteiger partial charge in [0.15, 0.2) is 0 Å². The molecule has 0 aliphatic carbocycles. The van der Waals surface area contributed by atoms with Crippen molar-refractivity contribution in [2.45, 2.75) is 13.8 Å². The first-order chi connectivity index (χ1) is 8.43. The smallest absolute Gasteiger partial charge is 0.129 e. The minimum absolute atomic E-state index is 0.0810. The van der Waals surface area contributed by atoms with Crippen LogP contribution in [-0.4, -0.2) is 0 Å². The van der Waals surface area contributed by atoms with Crippen LogP contribution < -0.4 is 0 Å². The topological polar surface area (TPSA) is 0 Å². The number of halogens is 4. The third-order valence-corrected chi connectivity index (χ3v) is 2.40. The summed E-state index contributed by atoms with van der Waals surface area (Å²) < 4.78 is 49.4. The second-order valence-corrected chi connectivity index (χ2v) is 3.69. The Labute approximate surface area is 103 Å². The van der Waals surface area contributed by atoms with E-state index in [2.05, 4.69) is 0 Å². The van der Waals surface area contributed by atoms with Crippen molar-refractivity contribution in [2.75, 3.05) is 0 Å². The summed E-state index contributed by atoms with van der Waals surface area (Å²) in [4.78, 5) is 0. The Balaban J connectivity index is 0.000000180. The van der Waals surface area contributed by atoms with Crippen LogP contribution in [0.4, 0.5) is 17.6 Å². The lowest BCUT2D eigenvalue weighted by atomic mass is 10.2. The Hall–Kier alpha value is -1.84. The first-order valence-corrected chi connectivity index (χ1v) is 5.24. The molecule has 0 radical (unpaired) electrons. The minimum Gasteiger partial charge on any atom is -0.207 e. The van der Waals surface area contributed by atoms with Gasteiger partial charge in [-0.15, -0.1) is 0 Å². The summed E-state index contributed by atoms with van der Waals surface area (Å²) >= 11 is 0. The average molecular weight is 256 g/mol. The normalized spacial score (nSPS) is 9.67. The maximum atomic E-state index is 12.3. The van der Waals surface area contributed by atoms with Gasteiger partial charge in [-0.2, -0.15) is 0 Å². The molecule has 0 N–H and O–H groups in total. The van der Waals surface area contributed by atoms with Crippen LogP contribution in [0.5, 0.6) is 0 Å². The van der Waals surface area contributed by atoms with Crippen molar-refractivity contribution in [3.63, 3.8) is 0 Å². The molecule has 0 spiro atoms. The molecule has 2 rings (SSSR count). The molecular weight excluding hydrogens is 244 g/mol. The van der Waals surface area contributed by atoms with Crippen LogP contribution in [0, 0.1) is 37.1 Å². The van der Waals surface area contributed by atoms with Crippen LogP contribution >= 0.6 is 0 Å². The van der Waals surface area contributed by atoms with Gasteiger partial charge in [-0.05, 0) is 38.1 Å². The van der Waals surface area contributed by atoms with Gasteiger partial charge in [0.05, 0.1) is 0 Å². The highest BCUT2D eigenvalue weighted by molar-refractivity contribution is 5.17. The van der Waals surface area contributed by atoms with Gasteiger partial charge in [0.1, 0.15) is 23.3 Å². The molecule has 0 amide bonds. The van der Waals surface area contributed by atoms with E-state index in [0.717, 1.165) is 0 Å². The van der Waals surface area contributed by atoms with Crippen LogP contribution in [0.2, 0.25) is 0 Å². The lowest BCUT2D eigenvalue weighted by Crippen LogP contribution is -1.85. The fourth-order valence-corrected chi connectivity index (χ4v) is 1.16. The van der Waals surface area contributed by atoms with Crippen molar-refractivity contribution >= 4 is 0 Å². The van der Waals surface area contributed by atoms with E-state index in [0.29, 0.717) is 0 Å². The molecule has 0 saturated heterocycles. The molecule has 0 heterocycles. The summed E-state index contributed by atoms with van der Waals surface area (Å²) in [5.41, 5.74) is 0.162. The third kappa shape index (κ3) is 3.58. The van der Waals surface area contributed by atoms with Gasteiger partial charge >= 0.3 is 0 Å². The van der Waals surface area contributed by atoms with Gasteiger partial charge < -0.3 is 0 Å². The Morgan fingerprint density at radius 1 is 0.556 bits per heavy atom. The van der Waals surface area contributed by atoms with Gasteiger partial charge in [0, 0.05) is 11.1 Å². The van der Waals surface area contributed by atoms with Gasteiger partial charge in [0.2, 0.25) is 0 Å². The highest BCUT2D eigenvalue weighted by atomic mass is 19.1. The van der Waals surface area contributed by atoms with Crippen LogP contribution in [0.25, 0.3) is 0 Å². The van der Waals surface area contributed by atoms with Crippen LogP contribution in [0.15, 0.2) is 36.4 Å². The van der Waals surface area contributed by atoms with E-state index >= 15 is 0 Å². The second-order valence-electron chi connectivity index (χ2n) is 3.69. The highest BCUT2D eigenvalue weighted by Crippen LogP contribution is 2.09. The molecule has 2 aromatic rings. The van der Waals surface area contributed by atoms with E-state index in [9.17, 15) is 17.6 Å². The van der Waals surface area contributed by atoms with Gasteiger partial charge in [-0.3, -0.25) is 0 Å². The van der Waals surface area contributed by atoms with Crippen molar-refractivity contribution < 1.29 is 17.6 Å². The van der Waals surface area contributed by atoms with E-state index in [1.54, 1.807) is 0 Å². The maximum absolute atomic E-state index is 12.3. The molecule has 2 aromatic carbocycles. The van der Waals surface area contributed by atoms with E-state index in [1.807, 2.05) is 0 Å². The Morgan fingerprint density at radius 3 is 0.944 bits per heavy atom. The molecule has 0 aliphatic heterocycles. The lowest BCUT2D eigenvalue weighted by molar-refractivity contribution is 0.567. The maximum Gasteiger partial charge on any atom is 0.129 e. The standard InChI is InChI=1S/2C7H6F2/c2*1-5-6(8)3-2-4-7(5)9/h2*2-4H,1H3. The zero-order valence-electron chi connectivity index (χ0n) is 9.98. The summed E-state index contributed by atoms with van der Waals surface area (Å²) in [6.07, 6.45) is 0. The average Bonchev–Trinajstić information content (AvgIpc) is 2.34. The zero-order chi connectivity index (χ0) is 13.7. The quantitative estimate of drug-likeness (QED) is 0.607. The summed E-state index contributed by atoms with van der Waals surface area (Å²) in [7, 11) is 0. The number of benzene rings is 2. The summed E-state index contributed by atoms with van der Waals surface area (Å²) in [5, 5.41) is 0. The SMILES string of the molecule is Cc1c(F)cccc1F.Cc1c(F)cccc1F. The van der Waals surface area contributed by atoms with Gasteiger partial charge in [-0.25, -0.2) is 17.6 Å². The molecule has 0 fully saturated rings. The second kappa shape index (κ2) is 6.19. The number of hydrogen-bond donors (Lipinski definition) is 0. The number of hydrogen-bond acceptors (Lipinski definition) is 0. The molecule has 0 unspecified atom stereocenters. The summed E-state index contributed by atoms with van der Waals surface area (Å²) in [5.74, 6) is -1.96. The fraction of sp³-hybridized carbons (Fsp3) is 0.143. The monoisotopic (exact) mass is 256 g/mol. The van der Waals surface area contributed by atoms with Gasteiger partial charge in [0.25, 0.3) is 0 Å². The summed E-state index contributed by atoms with van der Waals surface area (Å²) in [6, 6.07) is 7.63. The van der Waals surface area contributed by atoms with Crippen molar-refractivity contribution in [3.05, 3.63) is 70.8 Å². The number of rotatable bonds is 0. The molecule has 0 nitrogen and oxygen atoms in total. The van der Waals surface area contributed by atoms with Crippen molar-refractivity contribution in [1.82, 2.24) is 0 Å². The van der Waals surface area contributed by atoms with E-state index in [4.69, 9.17) is 0 Å². The minimum atomic E-state index is -0.491. The van der Waals surface area contributed by atoms with Crippen molar-refractivity contribution in [1.29, 1.82) is 0 Å². The predicted octanol–water partition coefficient (Wildman–Crippen LogP) is 4.55. The van der Waals surface area contributed by atoms with E-state index in [1.165, 1.54) is 50.2 Å². The Morgan fingerprint density at radius 2 is 0.778 bits per heavy atom. The molecule has 0 saturated carbocycles. The fourth-order valence-electron chi connectivity index (χ4n) is 1.16. The molecule has 0 atom stereocenters. The molecule has 0 aromatic heterocycles. The largest absolute Gasteiger partial charge is 0.207 e. The summed E-state index contributed by atoms with van der Waals surface area (Å²) in [6.45, 7) is 2.81. The van der Waals surface area contributed by atoms with Crippen LogP contribution in [-0.2, 0) is 0 Å². The molecule has 0 bridgehead atoms. The van der Waals surface area contributed by atoms with E-state index < -0.39 is 23.3 Å². The Bertz CT molecular complexity index is 445. The third-order valence-electron chi connectivity index (χ3n) is 2.40. The molecular formula is C14H12F4. The molecule has 18 heavy (non-hydrogen) atoms. The van der Waals surface area contributed by atoms with Gasteiger partial charge in [-0.1, -0.05) is 12.1 Å². The highest BCUT2D eigenvalue weighted by Gasteiger charge is 2.00. The van der Waals surface area contributed by atoms with Crippen molar-refractivity contribution in [3.8, 4) is 0 Å². The first-order valence-electron chi connectivity index (χ1n) is 5.24. The van der Waals surface area contributed by atoms with Crippen molar-refractivity contribution in [2.24, 2.45) is 0 Å². The predicted molar refractivity (Wildman–Crippen MR) is 62.2 cm³/mol. The first kappa shape index (κ1) is 14.2. The van der Waals surface area contributed by atoms with Crippen LogP contribution in [0.3, 0.4) is 0 Å². The lowest BCUT2D eigenvalue weighted by Gasteiger charge is -1.94. The zero-order valence-corrected chi connectivity index (χ0v) is 9.98. The van der Waals surface area contributed by atoms with Crippen LogP contribution in [0.1, 0.15) is 11.1 Å². The molecule has 4 heteroatoms. The molecule has 96 valence electrons. The molecule has 0 aliphatic rings. The Kier molecular flexibility index (Phi) is 4.89. The van der Waals surface area contributed by atoms with E-state index in [-0.39, 0.29) is 11.1 Å².